The standard InChI is InChI=1S/C21H37N3O2S/c1-4-6-8-10-14-22-20(25)18(12-13-19-24(3)16-17-27-19)21(26)23-15-11-9-7-5-2/h12-13H,4-11,14-17H2,1-3H3,(H,22,25)(H,23,26)/b19-13-. The van der Waals surface area contributed by atoms with E-state index in [4.69, 9.17) is 0 Å². The average molecular weight is 396 g/mol. The molecule has 1 fully saturated rings. The Labute approximate surface area is 169 Å². The number of carbonyl (C=O) groups excluding carboxylic acids is 2. The molecule has 0 saturated carbocycles. The molecular weight excluding hydrogens is 358 g/mol. The molecule has 0 unspecified atom stereocenters. The summed E-state index contributed by atoms with van der Waals surface area (Å²) in [6.07, 6.45) is 12.3. The third-order valence-electron chi connectivity index (χ3n) is 4.57. The lowest BCUT2D eigenvalue weighted by molar-refractivity contribution is -0.123. The zero-order chi connectivity index (χ0) is 19.9. The minimum Gasteiger partial charge on any atom is -0.369 e. The van der Waals surface area contributed by atoms with E-state index in [2.05, 4.69) is 29.4 Å². The third kappa shape index (κ3) is 9.89. The molecule has 0 bridgehead atoms. The SMILES string of the molecule is CCCCCCNC(=O)C(=C/C=C1\SCCN1C)C(=O)NCCCCCC. The number of hydrogen-bond acceptors (Lipinski definition) is 4. The summed E-state index contributed by atoms with van der Waals surface area (Å²) in [4.78, 5) is 27.2. The van der Waals surface area contributed by atoms with Crippen LogP contribution in [-0.2, 0) is 9.59 Å². The van der Waals surface area contributed by atoms with Gasteiger partial charge in [-0.2, -0.15) is 0 Å². The van der Waals surface area contributed by atoms with Gasteiger partial charge in [0, 0.05) is 32.4 Å². The molecule has 0 radical (unpaired) electrons. The van der Waals surface area contributed by atoms with Crippen molar-refractivity contribution >= 4 is 23.6 Å². The molecule has 0 aromatic heterocycles. The van der Waals surface area contributed by atoms with Crippen LogP contribution in [0.1, 0.15) is 65.2 Å². The van der Waals surface area contributed by atoms with Crippen LogP contribution in [0.4, 0.5) is 0 Å². The highest BCUT2D eigenvalue weighted by Gasteiger charge is 2.18. The number of allylic oxidation sites excluding steroid dienone is 2. The van der Waals surface area contributed by atoms with Crippen molar-refractivity contribution in [2.75, 3.05) is 32.4 Å². The van der Waals surface area contributed by atoms with E-state index in [1.165, 1.54) is 12.8 Å². The van der Waals surface area contributed by atoms with E-state index in [0.29, 0.717) is 13.1 Å². The molecule has 5 nitrogen and oxygen atoms in total. The molecule has 1 aliphatic heterocycles. The Balaban J connectivity index is 2.64. The van der Waals surface area contributed by atoms with Gasteiger partial charge in [0.2, 0.25) is 0 Å². The van der Waals surface area contributed by atoms with E-state index in [1.54, 1.807) is 17.8 Å². The Bertz CT molecular complexity index is 490. The molecule has 1 heterocycles. The van der Waals surface area contributed by atoms with Crippen molar-refractivity contribution in [2.24, 2.45) is 0 Å². The van der Waals surface area contributed by atoms with E-state index in [0.717, 1.165) is 55.9 Å². The summed E-state index contributed by atoms with van der Waals surface area (Å²) in [7, 11) is 2.03. The molecule has 0 aromatic carbocycles. The van der Waals surface area contributed by atoms with Crippen LogP contribution in [0.2, 0.25) is 0 Å². The highest BCUT2D eigenvalue weighted by atomic mass is 32.2. The van der Waals surface area contributed by atoms with E-state index in [9.17, 15) is 9.59 Å². The summed E-state index contributed by atoms with van der Waals surface area (Å²) in [5, 5.41) is 6.90. The van der Waals surface area contributed by atoms with Gasteiger partial charge in [-0.1, -0.05) is 52.4 Å². The van der Waals surface area contributed by atoms with Crippen LogP contribution in [0.15, 0.2) is 22.8 Å². The van der Waals surface area contributed by atoms with Gasteiger partial charge in [0.1, 0.15) is 5.57 Å². The number of thioether (sulfide) groups is 1. The smallest absolute Gasteiger partial charge is 0.256 e. The predicted octanol–water partition coefficient (Wildman–Crippen LogP) is 3.83. The Kier molecular flexibility index (Phi) is 12.8. The molecule has 0 aromatic rings. The zero-order valence-electron chi connectivity index (χ0n) is 17.3. The number of nitrogens with zero attached hydrogens (tertiary/aromatic N) is 1. The first-order valence-corrected chi connectivity index (χ1v) is 11.4. The lowest BCUT2D eigenvalue weighted by Crippen LogP contribution is -2.35. The molecule has 2 amide bonds. The van der Waals surface area contributed by atoms with E-state index in [1.807, 2.05) is 13.1 Å². The van der Waals surface area contributed by atoms with Gasteiger partial charge in [-0.25, -0.2) is 0 Å². The van der Waals surface area contributed by atoms with Gasteiger partial charge in [-0.15, -0.1) is 11.8 Å². The second kappa shape index (κ2) is 14.6. The topological polar surface area (TPSA) is 61.4 Å². The van der Waals surface area contributed by atoms with E-state index >= 15 is 0 Å². The molecule has 1 aliphatic rings. The summed E-state index contributed by atoms with van der Waals surface area (Å²) in [6, 6.07) is 0. The minimum absolute atomic E-state index is 0.203. The Morgan fingerprint density at radius 3 is 1.96 bits per heavy atom. The molecule has 154 valence electrons. The number of rotatable bonds is 13. The Morgan fingerprint density at radius 1 is 0.963 bits per heavy atom. The second-order valence-electron chi connectivity index (χ2n) is 6.99. The molecule has 27 heavy (non-hydrogen) atoms. The molecule has 0 aliphatic carbocycles. The highest BCUT2D eigenvalue weighted by molar-refractivity contribution is 8.03. The predicted molar refractivity (Wildman–Crippen MR) is 116 cm³/mol. The van der Waals surface area contributed by atoms with Crippen molar-refractivity contribution < 1.29 is 9.59 Å². The lowest BCUT2D eigenvalue weighted by Gasteiger charge is -2.12. The molecule has 1 saturated heterocycles. The van der Waals surface area contributed by atoms with Gasteiger partial charge in [0.15, 0.2) is 0 Å². The third-order valence-corrected chi connectivity index (χ3v) is 5.70. The van der Waals surface area contributed by atoms with Gasteiger partial charge < -0.3 is 15.5 Å². The van der Waals surface area contributed by atoms with Crippen molar-refractivity contribution in [3.63, 3.8) is 0 Å². The lowest BCUT2D eigenvalue weighted by atomic mass is 10.1. The van der Waals surface area contributed by atoms with Crippen molar-refractivity contribution in [1.82, 2.24) is 15.5 Å². The van der Waals surface area contributed by atoms with Crippen LogP contribution in [-0.4, -0.2) is 49.1 Å². The van der Waals surface area contributed by atoms with Crippen LogP contribution in [0, 0.1) is 0 Å². The number of amides is 2. The van der Waals surface area contributed by atoms with Crippen LogP contribution < -0.4 is 10.6 Å². The van der Waals surface area contributed by atoms with E-state index in [-0.39, 0.29) is 17.4 Å². The molecule has 0 atom stereocenters. The summed E-state index contributed by atoms with van der Waals surface area (Å²) >= 11 is 1.75. The number of unbranched alkanes of at least 4 members (excludes halogenated alkanes) is 6. The van der Waals surface area contributed by atoms with Crippen LogP contribution in [0.25, 0.3) is 0 Å². The molecule has 1 rings (SSSR count). The summed E-state index contributed by atoms with van der Waals surface area (Å²) in [5.74, 6) is 0.485. The monoisotopic (exact) mass is 395 g/mol. The molecule has 2 N–H and O–H groups in total. The summed E-state index contributed by atoms with van der Waals surface area (Å²) in [6.45, 7) is 6.55. The maximum absolute atomic E-state index is 12.5. The average Bonchev–Trinajstić information content (AvgIpc) is 3.06. The van der Waals surface area contributed by atoms with Gasteiger partial charge in [0.25, 0.3) is 11.8 Å². The van der Waals surface area contributed by atoms with Gasteiger partial charge in [-0.3, -0.25) is 9.59 Å². The first kappa shape index (κ1) is 23.6. The fraction of sp³-hybridized carbons (Fsp3) is 0.714. The van der Waals surface area contributed by atoms with Gasteiger partial charge in [0.05, 0.1) is 5.03 Å². The fourth-order valence-corrected chi connectivity index (χ4v) is 3.84. The summed E-state index contributed by atoms with van der Waals surface area (Å²) in [5.41, 5.74) is 0.203. The van der Waals surface area contributed by atoms with Crippen molar-refractivity contribution in [3.8, 4) is 0 Å². The maximum atomic E-state index is 12.5. The number of carbonyl (C=O) groups is 2. The first-order valence-electron chi connectivity index (χ1n) is 10.4. The van der Waals surface area contributed by atoms with Crippen LogP contribution in [0.3, 0.4) is 0 Å². The molecule has 6 heteroatoms. The zero-order valence-corrected chi connectivity index (χ0v) is 18.1. The Morgan fingerprint density at radius 2 is 1.52 bits per heavy atom. The Hall–Kier alpha value is -1.43. The van der Waals surface area contributed by atoms with E-state index < -0.39 is 0 Å². The number of hydrogen-bond donors (Lipinski definition) is 2. The van der Waals surface area contributed by atoms with Crippen molar-refractivity contribution in [3.05, 3.63) is 22.8 Å². The number of nitrogens with one attached hydrogen (secondary N) is 2. The first-order chi connectivity index (χ1) is 13.1. The molecule has 0 spiro atoms. The maximum Gasteiger partial charge on any atom is 0.256 e. The second-order valence-corrected chi connectivity index (χ2v) is 8.10. The minimum atomic E-state index is -0.278. The fourth-order valence-electron chi connectivity index (χ4n) is 2.79. The normalized spacial score (nSPS) is 15.1. The van der Waals surface area contributed by atoms with Crippen molar-refractivity contribution in [1.29, 1.82) is 0 Å². The van der Waals surface area contributed by atoms with Crippen LogP contribution in [0.5, 0.6) is 0 Å². The summed E-state index contributed by atoms with van der Waals surface area (Å²) < 4.78 is 0. The van der Waals surface area contributed by atoms with Gasteiger partial charge >= 0.3 is 0 Å². The highest BCUT2D eigenvalue weighted by Crippen LogP contribution is 2.25. The largest absolute Gasteiger partial charge is 0.369 e. The van der Waals surface area contributed by atoms with Crippen molar-refractivity contribution in [2.45, 2.75) is 65.2 Å². The van der Waals surface area contributed by atoms with Gasteiger partial charge in [-0.05, 0) is 25.0 Å². The quantitative estimate of drug-likeness (QED) is 0.215. The van der Waals surface area contributed by atoms with Crippen LogP contribution >= 0.6 is 11.8 Å². The molecular formula is C21H37N3O2S.